The fourth-order valence-corrected chi connectivity index (χ4v) is 4.20. The van der Waals surface area contributed by atoms with Gasteiger partial charge in [-0.2, -0.15) is 0 Å². The minimum absolute atomic E-state index is 0.0891. The smallest absolute Gasteiger partial charge is 0.254 e. The predicted octanol–water partition coefficient (Wildman–Crippen LogP) is 3.82. The zero-order valence-electron chi connectivity index (χ0n) is 15.5. The van der Waals surface area contributed by atoms with E-state index in [0.717, 1.165) is 24.1 Å². The number of pyridine rings is 1. The summed E-state index contributed by atoms with van der Waals surface area (Å²) in [6.45, 7) is 1.07. The Morgan fingerprint density at radius 1 is 1.07 bits per heavy atom. The lowest BCUT2D eigenvalue weighted by Crippen LogP contribution is -2.32. The highest BCUT2D eigenvalue weighted by atomic mass is 19.1. The van der Waals surface area contributed by atoms with Crippen LogP contribution in [-0.4, -0.2) is 34.9 Å². The number of aromatic nitrogens is 1. The molecule has 0 radical (unpaired) electrons. The van der Waals surface area contributed by atoms with Gasteiger partial charge in [-0.1, -0.05) is 30.3 Å². The van der Waals surface area contributed by atoms with Crippen molar-refractivity contribution in [3.63, 3.8) is 0 Å². The standard InChI is InChI=1S/C23H22FN3O/c24-16-8-9-21-17(10-16)18(11-22(26-21)15-6-7-15)23(28)27-12-19(20(25)13-27)14-4-2-1-3-5-14/h1-5,8-11,15,19-20H,6-7,12-13,25H2/t19-,20+/m0/s1. The molecule has 1 aromatic heterocycles. The van der Waals surface area contributed by atoms with Crippen LogP contribution in [0.15, 0.2) is 54.6 Å². The van der Waals surface area contributed by atoms with Crippen molar-refractivity contribution in [2.24, 2.45) is 5.73 Å². The number of nitrogens with two attached hydrogens (primary N) is 1. The predicted molar refractivity (Wildman–Crippen MR) is 107 cm³/mol. The Bertz CT molecular complexity index is 1050. The van der Waals surface area contributed by atoms with E-state index >= 15 is 0 Å². The average Bonchev–Trinajstić information content (AvgIpc) is 3.49. The number of benzene rings is 2. The van der Waals surface area contributed by atoms with E-state index < -0.39 is 0 Å². The molecule has 142 valence electrons. The summed E-state index contributed by atoms with van der Waals surface area (Å²) in [4.78, 5) is 19.9. The van der Waals surface area contributed by atoms with Gasteiger partial charge < -0.3 is 10.6 Å². The van der Waals surface area contributed by atoms with Crippen LogP contribution < -0.4 is 5.73 Å². The largest absolute Gasteiger partial charge is 0.336 e. The van der Waals surface area contributed by atoms with E-state index in [2.05, 4.69) is 17.1 Å². The van der Waals surface area contributed by atoms with Crippen molar-refractivity contribution in [1.82, 2.24) is 9.88 Å². The first-order valence-electron chi connectivity index (χ1n) is 9.80. The van der Waals surface area contributed by atoms with Crippen LogP contribution in [0.5, 0.6) is 0 Å². The van der Waals surface area contributed by atoms with Crippen molar-refractivity contribution in [1.29, 1.82) is 0 Å². The number of likely N-dealkylation sites (tertiary alicyclic amines) is 1. The minimum Gasteiger partial charge on any atom is -0.336 e. The number of amides is 1. The maximum absolute atomic E-state index is 13.9. The first-order valence-corrected chi connectivity index (χ1v) is 9.80. The highest BCUT2D eigenvalue weighted by molar-refractivity contribution is 6.06. The number of hydrogen-bond acceptors (Lipinski definition) is 3. The summed E-state index contributed by atoms with van der Waals surface area (Å²) in [5.41, 5.74) is 9.67. The van der Waals surface area contributed by atoms with E-state index in [1.54, 1.807) is 11.0 Å². The van der Waals surface area contributed by atoms with Gasteiger partial charge in [0.05, 0.1) is 11.1 Å². The van der Waals surface area contributed by atoms with Crippen molar-refractivity contribution in [3.05, 3.63) is 77.2 Å². The Labute approximate surface area is 163 Å². The van der Waals surface area contributed by atoms with Crippen molar-refractivity contribution < 1.29 is 9.18 Å². The van der Waals surface area contributed by atoms with Gasteiger partial charge in [-0.25, -0.2) is 4.39 Å². The number of nitrogens with zero attached hydrogens (tertiary/aromatic N) is 2. The molecule has 0 bridgehead atoms. The number of rotatable bonds is 3. The number of carbonyl (C=O) groups is 1. The van der Waals surface area contributed by atoms with Crippen LogP contribution in [-0.2, 0) is 0 Å². The third-order valence-corrected chi connectivity index (χ3v) is 5.90. The summed E-state index contributed by atoms with van der Waals surface area (Å²) in [5.74, 6) is 0.0772. The van der Waals surface area contributed by atoms with Gasteiger partial charge >= 0.3 is 0 Å². The molecule has 3 aromatic rings. The topological polar surface area (TPSA) is 59.2 Å². The third kappa shape index (κ3) is 3.06. The van der Waals surface area contributed by atoms with Crippen LogP contribution in [0, 0.1) is 5.82 Å². The van der Waals surface area contributed by atoms with Crippen molar-refractivity contribution in [2.45, 2.75) is 30.7 Å². The zero-order valence-corrected chi connectivity index (χ0v) is 15.5. The Kier molecular flexibility index (Phi) is 4.13. The van der Waals surface area contributed by atoms with Gasteiger partial charge in [0.25, 0.3) is 5.91 Å². The fourth-order valence-electron chi connectivity index (χ4n) is 4.20. The van der Waals surface area contributed by atoms with Crippen LogP contribution in [0.25, 0.3) is 10.9 Å². The van der Waals surface area contributed by atoms with Crippen LogP contribution in [0.1, 0.15) is 46.3 Å². The molecule has 2 heterocycles. The molecule has 1 saturated heterocycles. The Balaban J connectivity index is 1.51. The second-order valence-electron chi connectivity index (χ2n) is 7.92. The molecule has 1 aliphatic carbocycles. The van der Waals surface area contributed by atoms with E-state index in [-0.39, 0.29) is 23.7 Å². The van der Waals surface area contributed by atoms with Crippen molar-refractivity contribution >= 4 is 16.8 Å². The second-order valence-corrected chi connectivity index (χ2v) is 7.92. The van der Waals surface area contributed by atoms with Gasteiger partial charge in [-0.3, -0.25) is 9.78 Å². The maximum atomic E-state index is 13.9. The summed E-state index contributed by atoms with van der Waals surface area (Å²) in [6, 6.07) is 16.3. The number of carbonyl (C=O) groups excluding carboxylic acids is 1. The molecule has 0 unspecified atom stereocenters. The number of hydrogen-bond donors (Lipinski definition) is 1. The van der Waals surface area contributed by atoms with Crippen molar-refractivity contribution in [3.8, 4) is 0 Å². The molecule has 1 saturated carbocycles. The molecule has 2 atom stereocenters. The van der Waals surface area contributed by atoms with E-state index in [1.807, 2.05) is 24.3 Å². The van der Waals surface area contributed by atoms with Gasteiger partial charge in [-0.05, 0) is 42.7 Å². The lowest BCUT2D eigenvalue weighted by molar-refractivity contribution is 0.0791. The molecule has 1 aliphatic heterocycles. The molecule has 28 heavy (non-hydrogen) atoms. The molecule has 5 rings (SSSR count). The number of fused-ring (bicyclic) bond motifs is 1. The molecule has 1 amide bonds. The van der Waals surface area contributed by atoms with E-state index in [4.69, 9.17) is 5.73 Å². The van der Waals surface area contributed by atoms with Crippen LogP contribution in [0.3, 0.4) is 0 Å². The summed E-state index contributed by atoms with van der Waals surface area (Å²) in [5, 5.41) is 0.575. The highest BCUT2D eigenvalue weighted by Gasteiger charge is 2.35. The molecular weight excluding hydrogens is 353 g/mol. The summed E-state index contributed by atoms with van der Waals surface area (Å²) < 4.78 is 13.9. The number of halogens is 1. The van der Waals surface area contributed by atoms with Crippen molar-refractivity contribution in [2.75, 3.05) is 13.1 Å². The van der Waals surface area contributed by atoms with Crippen LogP contribution in [0.4, 0.5) is 4.39 Å². The van der Waals surface area contributed by atoms with Gasteiger partial charge in [0.15, 0.2) is 0 Å². The lowest BCUT2D eigenvalue weighted by atomic mass is 9.95. The molecule has 2 aliphatic rings. The third-order valence-electron chi connectivity index (χ3n) is 5.90. The summed E-state index contributed by atoms with van der Waals surface area (Å²) >= 11 is 0. The maximum Gasteiger partial charge on any atom is 0.254 e. The first-order chi connectivity index (χ1) is 13.6. The van der Waals surface area contributed by atoms with Gasteiger partial charge in [0, 0.05) is 42.0 Å². The Hall–Kier alpha value is -2.79. The molecule has 2 fully saturated rings. The normalized spacial score (nSPS) is 22.0. The SMILES string of the molecule is N[C@@H]1CN(C(=O)c2cc(C3CC3)nc3ccc(F)cc23)C[C@H]1c1ccccc1. The second kappa shape index (κ2) is 6.67. The monoisotopic (exact) mass is 375 g/mol. The first kappa shape index (κ1) is 17.3. The summed E-state index contributed by atoms with van der Waals surface area (Å²) in [6.07, 6.45) is 2.19. The lowest BCUT2D eigenvalue weighted by Gasteiger charge is -2.18. The molecule has 2 aromatic carbocycles. The molecule has 4 nitrogen and oxygen atoms in total. The van der Waals surface area contributed by atoms with E-state index in [9.17, 15) is 9.18 Å². The van der Waals surface area contributed by atoms with Crippen LogP contribution in [0.2, 0.25) is 0 Å². The zero-order chi connectivity index (χ0) is 19.3. The Morgan fingerprint density at radius 3 is 2.61 bits per heavy atom. The fraction of sp³-hybridized carbons (Fsp3) is 0.304. The molecule has 0 spiro atoms. The van der Waals surface area contributed by atoms with Gasteiger partial charge in [0.2, 0.25) is 0 Å². The van der Waals surface area contributed by atoms with E-state index in [0.29, 0.717) is 35.5 Å². The molecular formula is C23H22FN3O. The van der Waals surface area contributed by atoms with Gasteiger partial charge in [-0.15, -0.1) is 0 Å². The van der Waals surface area contributed by atoms with E-state index in [1.165, 1.54) is 12.1 Å². The average molecular weight is 375 g/mol. The van der Waals surface area contributed by atoms with Gasteiger partial charge in [0.1, 0.15) is 5.82 Å². The quantitative estimate of drug-likeness (QED) is 0.757. The Morgan fingerprint density at radius 2 is 1.86 bits per heavy atom. The highest BCUT2D eigenvalue weighted by Crippen LogP contribution is 2.40. The summed E-state index contributed by atoms with van der Waals surface area (Å²) in [7, 11) is 0. The molecule has 5 heteroatoms. The minimum atomic E-state index is -0.359. The molecule has 2 N–H and O–H groups in total. The van der Waals surface area contributed by atoms with Crippen LogP contribution >= 0.6 is 0 Å².